The fraction of sp³-hybridized carbons (Fsp3) is 0.600. The second kappa shape index (κ2) is 5.59. The molecule has 1 saturated heterocycles. The monoisotopic (exact) mass is 283 g/mol. The summed E-state index contributed by atoms with van der Waals surface area (Å²) in [5.41, 5.74) is 2.19. The van der Waals surface area contributed by atoms with Gasteiger partial charge in [0.15, 0.2) is 0 Å². The molecule has 0 bridgehead atoms. The number of rotatable bonds is 4. The van der Waals surface area contributed by atoms with E-state index < -0.39 is 0 Å². The molecule has 1 aliphatic heterocycles. The van der Waals surface area contributed by atoms with Gasteiger partial charge in [-0.3, -0.25) is 0 Å². The highest BCUT2D eigenvalue weighted by atomic mass is 35.5. The number of benzene rings is 1. The minimum absolute atomic E-state index is 0.0643. The molecule has 0 aliphatic carbocycles. The van der Waals surface area contributed by atoms with Crippen molar-refractivity contribution in [1.29, 1.82) is 0 Å². The second-order valence-corrected chi connectivity index (χ2v) is 5.56. The number of methoxy groups -OCH3 is 2. The lowest BCUT2D eigenvalue weighted by Crippen LogP contribution is -2.33. The molecule has 0 saturated carbocycles. The van der Waals surface area contributed by atoms with Crippen molar-refractivity contribution in [3.05, 3.63) is 22.2 Å². The summed E-state index contributed by atoms with van der Waals surface area (Å²) in [6.07, 6.45) is 3.15. The van der Waals surface area contributed by atoms with E-state index in [4.69, 9.17) is 21.1 Å². The molecule has 0 radical (unpaired) electrons. The lowest BCUT2D eigenvalue weighted by molar-refractivity contribution is 0.362. The summed E-state index contributed by atoms with van der Waals surface area (Å²) >= 11 is 6.46. The van der Waals surface area contributed by atoms with E-state index in [2.05, 4.69) is 25.2 Å². The minimum atomic E-state index is -0.0643. The zero-order valence-corrected chi connectivity index (χ0v) is 12.9. The highest BCUT2D eigenvalue weighted by Gasteiger charge is 2.35. The summed E-state index contributed by atoms with van der Waals surface area (Å²) in [6, 6.07) is 2.17. The van der Waals surface area contributed by atoms with Crippen LogP contribution in [-0.4, -0.2) is 20.8 Å². The molecule has 3 nitrogen and oxygen atoms in total. The minimum Gasteiger partial charge on any atom is -0.495 e. The van der Waals surface area contributed by atoms with E-state index in [1.165, 1.54) is 6.42 Å². The molecule has 1 atom stereocenters. The Bertz CT molecular complexity index is 468. The molecule has 1 aromatic carbocycles. The van der Waals surface area contributed by atoms with Crippen molar-refractivity contribution in [2.45, 2.75) is 38.6 Å². The quantitative estimate of drug-likeness (QED) is 0.917. The Morgan fingerprint density at radius 2 is 2.00 bits per heavy atom. The van der Waals surface area contributed by atoms with Crippen LogP contribution in [0.1, 0.15) is 37.8 Å². The molecule has 0 spiro atoms. The summed E-state index contributed by atoms with van der Waals surface area (Å²) in [6.45, 7) is 5.35. The molecule has 0 amide bonds. The third-order valence-corrected chi connectivity index (χ3v) is 4.35. The van der Waals surface area contributed by atoms with Gasteiger partial charge in [-0.05, 0) is 44.4 Å². The van der Waals surface area contributed by atoms with Crippen molar-refractivity contribution in [3.8, 4) is 11.5 Å². The average molecular weight is 284 g/mol. The van der Waals surface area contributed by atoms with Crippen LogP contribution in [0.5, 0.6) is 11.5 Å². The third kappa shape index (κ3) is 2.41. The van der Waals surface area contributed by atoms with E-state index in [0.717, 1.165) is 42.0 Å². The summed E-state index contributed by atoms with van der Waals surface area (Å²) in [5, 5.41) is 4.14. The Balaban J connectivity index is 2.63. The molecule has 1 fully saturated rings. The Labute approximate surface area is 120 Å². The second-order valence-electron chi connectivity index (χ2n) is 5.18. The molecule has 19 heavy (non-hydrogen) atoms. The summed E-state index contributed by atoms with van der Waals surface area (Å²) in [7, 11) is 3.31. The van der Waals surface area contributed by atoms with Gasteiger partial charge in [0.05, 0.1) is 14.2 Å². The normalized spacial score (nSPS) is 22.6. The maximum Gasteiger partial charge on any atom is 0.146 e. The first-order valence-electron chi connectivity index (χ1n) is 6.76. The predicted octanol–water partition coefficient (Wildman–Crippen LogP) is 3.52. The van der Waals surface area contributed by atoms with Gasteiger partial charge < -0.3 is 14.8 Å². The van der Waals surface area contributed by atoms with Gasteiger partial charge in [-0.15, -0.1) is 0 Å². The van der Waals surface area contributed by atoms with Gasteiger partial charge in [0, 0.05) is 11.1 Å². The van der Waals surface area contributed by atoms with Crippen LogP contribution in [0.2, 0.25) is 5.02 Å². The van der Waals surface area contributed by atoms with Crippen LogP contribution < -0.4 is 14.8 Å². The van der Waals surface area contributed by atoms with Gasteiger partial charge >= 0.3 is 0 Å². The molecule has 106 valence electrons. The summed E-state index contributed by atoms with van der Waals surface area (Å²) in [4.78, 5) is 0. The zero-order chi connectivity index (χ0) is 14.0. The molecular formula is C15H22ClNO2. The molecule has 0 aromatic heterocycles. The highest BCUT2D eigenvalue weighted by Crippen LogP contribution is 2.46. The molecule has 1 aliphatic rings. The van der Waals surface area contributed by atoms with Crippen LogP contribution in [0.25, 0.3) is 0 Å². The van der Waals surface area contributed by atoms with Crippen LogP contribution >= 0.6 is 11.6 Å². The molecule has 1 N–H and O–H groups in total. The fourth-order valence-electron chi connectivity index (χ4n) is 2.88. The van der Waals surface area contributed by atoms with Crippen LogP contribution in [0.3, 0.4) is 0 Å². The van der Waals surface area contributed by atoms with Crippen molar-refractivity contribution < 1.29 is 9.47 Å². The molecule has 2 rings (SSSR count). The molecule has 1 unspecified atom stereocenters. The number of halogens is 1. The largest absolute Gasteiger partial charge is 0.495 e. The van der Waals surface area contributed by atoms with Gasteiger partial charge in [-0.2, -0.15) is 0 Å². The third-order valence-electron chi connectivity index (χ3n) is 4.01. The van der Waals surface area contributed by atoms with Crippen molar-refractivity contribution in [2.24, 2.45) is 0 Å². The van der Waals surface area contributed by atoms with Gasteiger partial charge in [-0.1, -0.05) is 18.5 Å². The van der Waals surface area contributed by atoms with Crippen molar-refractivity contribution in [2.75, 3.05) is 20.8 Å². The first kappa shape index (κ1) is 14.5. The van der Waals surface area contributed by atoms with Crippen molar-refractivity contribution >= 4 is 11.6 Å². The average Bonchev–Trinajstić information content (AvgIpc) is 2.85. The highest BCUT2D eigenvalue weighted by molar-refractivity contribution is 6.33. The lowest BCUT2D eigenvalue weighted by atomic mass is 9.88. The Morgan fingerprint density at radius 1 is 1.32 bits per heavy atom. The number of aryl methyl sites for hydroxylation is 1. The molecular weight excluding hydrogens is 262 g/mol. The Kier molecular flexibility index (Phi) is 4.26. The van der Waals surface area contributed by atoms with Crippen LogP contribution in [-0.2, 0) is 12.0 Å². The van der Waals surface area contributed by atoms with Crippen LogP contribution in [0.15, 0.2) is 6.07 Å². The van der Waals surface area contributed by atoms with Gasteiger partial charge in [0.25, 0.3) is 0 Å². The molecule has 1 heterocycles. The maximum atomic E-state index is 6.46. The van der Waals surface area contributed by atoms with Crippen LogP contribution in [0.4, 0.5) is 0 Å². The summed E-state index contributed by atoms with van der Waals surface area (Å²) in [5.74, 6) is 1.46. The first-order valence-corrected chi connectivity index (χ1v) is 7.14. The first-order chi connectivity index (χ1) is 9.07. The van der Waals surface area contributed by atoms with E-state index in [9.17, 15) is 0 Å². The SMILES string of the molecule is CCc1cc(C2(C)CCCN2)c(OC)c(Cl)c1OC. The number of ether oxygens (including phenoxy) is 2. The number of hydrogen-bond donors (Lipinski definition) is 1. The maximum absolute atomic E-state index is 6.46. The van der Waals surface area contributed by atoms with Gasteiger partial charge in [0.2, 0.25) is 0 Å². The Hall–Kier alpha value is -0.930. The smallest absolute Gasteiger partial charge is 0.146 e. The van der Waals surface area contributed by atoms with Crippen molar-refractivity contribution in [3.63, 3.8) is 0 Å². The number of hydrogen-bond acceptors (Lipinski definition) is 3. The fourth-order valence-corrected chi connectivity index (χ4v) is 3.26. The standard InChI is InChI=1S/C15H22ClNO2/c1-5-10-9-11(15(2)7-6-8-17-15)14(19-4)12(16)13(10)18-3/h9,17H,5-8H2,1-4H3. The van der Waals surface area contributed by atoms with E-state index in [0.29, 0.717) is 5.02 Å². The van der Waals surface area contributed by atoms with Gasteiger partial charge in [0.1, 0.15) is 16.5 Å². The van der Waals surface area contributed by atoms with Crippen molar-refractivity contribution in [1.82, 2.24) is 5.32 Å². The predicted molar refractivity (Wildman–Crippen MR) is 78.5 cm³/mol. The van der Waals surface area contributed by atoms with E-state index in [-0.39, 0.29) is 5.54 Å². The zero-order valence-electron chi connectivity index (χ0n) is 12.1. The number of nitrogens with one attached hydrogen (secondary N) is 1. The van der Waals surface area contributed by atoms with Gasteiger partial charge in [-0.25, -0.2) is 0 Å². The molecule has 4 heteroatoms. The van der Waals surface area contributed by atoms with E-state index in [1.54, 1.807) is 14.2 Å². The summed E-state index contributed by atoms with van der Waals surface area (Å²) < 4.78 is 11.0. The van der Waals surface area contributed by atoms with E-state index in [1.807, 2.05) is 0 Å². The van der Waals surface area contributed by atoms with Crippen LogP contribution in [0, 0.1) is 0 Å². The molecule has 1 aromatic rings. The lowest BCUT2D eigenvalue weighted by Gasteiger charge is -2.29. The Morgan fingerprint density at radius 3 is 2.47 bits per heavy atom. The van der Waals surface area contributed by atoms with E-state index >= 15 is 0 Å². The topological polar surface area (TPSA) is 30.5 Å².